The maximum absolute atomic E-state index is 11.6. The Labute approximate surface area is 131 Å². The molecule has 0 aliphatic carbocycles. The summed E-state index contributed by atoms with van der Waals surface area (Å²) in [5, 5.41) is 16.8. The van der Waals surface area contributed by atoms with Gasteiger partial charge >= 0.3 is 11.8 Å². The SMILES string of the molecule is O=C(N/N=C\c1ccccc1[N+](=O)[O-])C(=O)Nc1ccccc1. The molecule has 0 radical (unpaired) electrons. The molecular formula is C15H12N4O4. The fourth-order valence-electron chi connectivity index (χ4n) is 1.68. The molecule has 0 aliphatic heterocycles. The van der Waals surface area contributed by atoms with Gasteiger partial charge in [0.05, 0.1) is 16.7 Å². The molecule has 0 saturated heterocycles. The minimum absolute atomic E-state index is 0.153. The molecule has 0 saturated carbocycles. The van der Waals surface area contributed by atoms with E-state index in [2.05, 4.69) is 10.4 Å². The number of nitro benzene ring substituents is 1. The van der Waals surface area contributed by atoms with Crippen LogP contribution in [0.3, 0.4) is 0 Å². The number of benzene rings is 2. The van der Waals surface area contributed by atoms with Crippen molar-refractivity contribution < 1.29 is 14.5 Å². The molecule has 2 aromatic rings. The van der Waals surface area contributed by atoms with Crippen LogP contribution in [0.5, 0.6) is 0 Å². The minimum atomic E-state index is -0.983. The zero-order valence-corrected chi connectivity index (χ0v) is 11.8. The fourth-order valence-corrected chi connectivity index (χ4v) is 1.68. The third kappa shape index (κ3) is 4.46. The van der Waals surface area contributed by atoms with Crippen LogP contribution in [0.25, 0.3) is 0 Å². The summed E-state index contributed by atoms with van der Waals surface area (Å²) in [7, 11) is 0. The van der Waals surface area contributed by atoms with Gasteiger partial charge in [0.25, 0.3) is 5.69 Å². The van der Waals surface area contributed by atoms with Gasteiger partial charge in [-0.2, -0.15) is 5.10 Å². The number of hydrogen-bond donors (Lipinski definition) is 2. The van der Waals surface area contributed by atoms with Crippen LogP contribution in [0.2, 0.25) is 0 Å². The summed E-state index contributed by atoms with van der Waals surface area (Å²) < 4.78 is 0. The third-order valence-corrected chi connectivity index (χ3v) is 2.74. The molecule has 2 N–H and O–H groups in total. The van der Waals surface area contributed by atoms with E-state index in [1.807, 2.05) is 5.43 Å². The fraction of sp³-hybridized carbons (Fsp3) is 0. The van der Waals surface area contributed by atoms with Crippen molar-refractivity contribution in [3.8, 4) is 0 Å². The molecule has 116 valence electrons. The average molecular weight is 312 g/mol. The second-order valence-electron chi connectivity index (χ2n) is 4.34. The Balaban J connectivity index is 1.96. The lowest BCUT2D eigenvalue weighted by Gasteiger charge is -2.03. The van der Waals surface area contributed by atoms with Crippen molar-refractivity contribution in [2.24, 2.45) is 5.10 Å². The first-order chi connectivity index (χ1) is 11.1. The van der Waals surface area contributed by atoms with E-state index in [9.17, 15) is 19.7 Å². The van der Waals surface area contributed by atoms with E-state index in [0.717, 1.165) is 6.21 Å². The number of anilines is 1. The van der Waals surface area contributed by atoms with E-state index in [0.29, 0.717) is 5.69 Å². The van der Waals surface area contributed by atoms with Crippen molar-refractivity contribution >= 4 is 29.4 Å². The number of nitro groups is 1. The van der Waals surface area contributed by atoms with Crippen LogP contribution in [0.1, 0.15) is 5.56 Å². The first-order valence-corrected chi connectivity index (χ1v) is 6.51. The van der Waals surface area contributed by atoms with Gasteiger partial charge in [-0.25, -0.2) is 5.43 Å². The molecule has 8 heteroatoms. The van der Waals surface area contributed by atoms with Crippen LogP contribution in [-0.4, -0.2) is 23.0 Å². The second kappa shape index (κ2) is 7.46. The molecule has 2 amide bonds. The quantitative estimate of drug-likeness (QED) is 0.387. The maximum Gasteiger partial charge on any atom is 0.329 e. The van der Waals surface area contributed by atoms with Crippen molar-refractivity contribution in [1.82, 2.24) is 5.43 Å². The lowest BCUT2D eigenvalue weighted by molar-refractivity contribution is -0.385. The molecule has 8 nitrogen and oxygen atoms in total. The molecule has 0 aromatic heterocycles. The highest BCUT2D eigenvalue weighted by Gasteiger charge is 2.13. The molecule has 0 aliphatic rings. The number of hydrazone groups is 1. The van der Waals surface area contributed by atoms with Gasteiger partial charge in [0.15, 0.2) is 0 Å². The van der Waals surface area contributed by atoms with Crippen molar-refractivity contribution in [2.75, 3.05) is 5.32 Å². The van der Waals surface area contributed by atoms with Crippen molar-refractivity contribution in [1.29, 1.82) is 0 Å². The Hall–Kier alpha value is -3.55. The molecule has 2 rings (SSSR count). The zero-order chi connectivity index (χ0) is 16.7. The van der Waals surface area contributed by atoms with Gasteiger partial charge in [-0.3, -0.25) is 19.7 Å². The highest BCUT2D eigenvalue weighted by Crippen LogP contribution is 2.14. The van der Waals surface area contributed by atoms with Gasteiger partial charge in [-0.1, -0.05) is 30.3 Å². The predicted molar refractivity (Wildman–Crippen MR) is 83.9 cm³/mol. The largest absolute Gasteiger partial charge is 0.329 e. The Morgan fingerprint density at radius 1 is 1.00 bits per heavy atom. The van der Waals surface area contributed by atoms with Crippen LogP contribution < -0.4 is 10.7 Å². The summed E-state index contributed by atoms with van der Waals surface area (Å²) in [5.41, 5.74) is 2.54. The lowest BCUT2D eigenvalue weighted by Crippen LogP contribution is -2.32. The first-order valence-electron chi connectivity index (χ1n) is 6.51. The minimum Gasteiger partial charge on any atom is -0.318 e. The summed E-state index contributed by atoms with van der Waals surface area (Å²) in [4.78, 5) is 33.5. The van der Waals surface area contributed by atoms with Crippen molar-refractivity contribution in [3.63, 3.8) is 0 Å². The van der Waals surface area contributed by atoms with Gasteiger partial charge in [0, 0.05) is 11.8 Å². The molecule has 0 unspecified atom stereocenters. The number of carbonyl (C=O) groups is 2. The van der Waals surface area contributed by atoms with Crippen molar-refractivity contribution in [3.05, 3.63) is 70.3 Å². The van der Waals surface area contributed by atoms with E-state index >= 15 is 0 Å². The molecule has 0 heterocycles. The summed E-state index contributed by atoms with van der Waals surface area (Å²) in [6.07, 6.45) is 1.10. The van der Waals surface area contributed by atoms with Crippen LogP contribution in [-0.2, 0) is 9.59 Å². The maximum atomic E-state index is 11.6. The topological polar surface area (TPSA) is 114 Å². The summed E-state index contributed by atoms with van der Waals surface area (Å²) in [6, 6.07) is 14.3. The van der Waals surface area contributed by atoms with Gasteiger partial charge in [0.2, 0.25) is 0 Å². The summed E-state index contributed by atoms with van der Waals surface area (Å²) in [6.45, 7) is 0. The van der Waals surface area contributed by atoms with E-state index in [-0.39, 0.29) is 11.3 Å². The number of para-hydroxylation sites is 2. The highest BCUT2D eigenvalue weighted by molar-refractivity contribution is 6.39. The normalized spacial score (nSPS) is 10.3. The Morgan fingerprint density at radius 3 is 2.35 bits per heavy atom. The molecule has 0 bridgehead atoms. The van der Waals surface area contributed by atoms with Crippen LogP contribution in [0, 0.1) is 10.1 Å². The highest BCUT2D eigenvalue weighted by atomic mass is 16.6. The van der Waals surface area contributed by atoms with Gasteiger partial charge in [0.1, 0.15) is 0 Å². The zero-order valence-electron chi connectivity index (χ0n) is 11.8. The molecule has 23 heavy (non-hydrogen) atoms. The molecule has 0 spiro atoms. The number of hydrogen-bond acceptors (Lipinski definition) is 5. The molecular weight excluding hydrogens is 300 g/mol. The first kappa shape index (κ1) is 15.8. The number of nitrogens with one attached hydrogen (secondary N) is 2. The third-order valence-electron chi connectivity index (χ3n) is 2.74. The Kier molecular flexibility index (Phi) is 5.13. The van der Waals surface area contributed by atoms with Gasteiger partial charge < -0.3 is 5.32 Å². The summed E-state index contributed by atoms with van der Waals surface area (Å²) >= 11 is 0. The van der Waals surface area contributed by atoms with Crippen LogP contribution in [0.4, 0.5) is 11.4 Å². The van der Waals surface area contributed by atoms with Crippen LogP contribution >= 0.6 is 0 Å². The lowest BCUT2D eigenvalue weighted by atomic mass is 10.2. The van der Waals surface area contributed by atoms with Crippen molar-refractivity contribution in [2.45, 2.75) is 0 Å². The van der Waals surface area contributed by atoms with Crippen LogP contribution in [0.15, 0.2) is 59.7 Å². The van der Waals surface area contributed by atoms with E-state index in [4.69, 9.17) is 0 Å². The smallest absolute Gasteiger partial charge is 0.318 e. The molecule has 0 atom stereocenters. The second-order valence-corrected chi connectivity index (χ2v) is 4.34. The Morgan fingerprint density at radius 2 is 1.65 bits per heavy atom. The van der Waals surface area contributed by atoms with Gasteiger partial charge in [-0.05, 0) is 18.2 Å². The number of rotatable bonds is 4. The standard InChI is InChI=1S/C15H12N4O4/c20-14(17-12-7-2-1-3-8-12)15(21)18-16-10-11-6-4-5-9-13(11)19(22)23/h1-10H,(H,17,20)(H,18,21)/b16-10-. The van der Waals surface area contributed by atoms with Gasteiger partial charge in [-0.15, -0.1) is 0 Å². The molecule has 0 fully saturated rings. The summed E-state index contributed by atoms with van der Waals surface area (Å²) in [5.74, 6) is -1.88. The average Bonchev–Trinajstić information content (AvgIpc) is 2.56. The number of amides is 2. The number of carbonyl (C=O) groups excluding carboxylic acids is 2. The predicted octanol–water partition coefficient (Wildman–Crippen LogP) is 1.68. The van der Waals surface area contributed by atoms with E-state index in [1.165, 1.54) is 18.2 Å². The number of nitrogens with zero attached hydrogens (tertiary/aromatic N) is 2. The Bertz CT molecular complexity index is 759. The van der Waals surface area contributed by atoms with E-state index < -0.39 is 16.7 Å². The monoisotopic (exact) mass is 312 g/mol. The molecule has 2 aromatic carbocycles. The van der Waals surface area contributed by atoms with E-state index in [1.54, 1.807) is 36.4 Å².